The van der Waals surface area contributed by atoms with E-state index in [0.717, 1.165) is 53.9 Å². The molecule has 0 amide bonds. The smallest absolute Gasteiger partial charge is 0.505 e. The average molecular weight is 778 g/mol. The van der Waals surface area contributed by atoms with E-state index >= 15 is 0 Å². The Bertz CT molecular complexity index is 1400. The van der Waals surface area contributed by atoms with Gasteiger partial charge in [-0.1, -0.05) is 98.8 Å². The average Bonchev–Trinajstić information content (AvgIpc) is 3.33. The Morgan fingerprint density at radius 1 is 0.846 bits per heavy atom. The van der Waals surface area contributed by atoms with Gasteiger partial charge in [0.15, 0.2) is 11.9 Å². The van der Waals surface area contributed by atoms with Gasteiger partial charge in [-0.25, -0.2) is 9.36 Å². The first kappa shape index (κ1) is 47.5. The predicted molar refractivity (Wildman–Crippen MR) is 206 cm³/mol. The van der Waals surface area contributed by atoms with Crippen LogP contribution in [0.4, 0.5) is 0 Å². The fourth-order valence-corrected chi connectivity index (χ4v) is 8.45. The second kappa shape index (κ2) is 21.6. The summed E-state index contributed by atoms with van der Waals surface area (Å²) in [6, 6.07) is 0. The molecule has 0 bridgehead atoms. The Kier molecular flexibility index (Phi) is 19.8. The Balaban J connectivity index is 0.00000936. The van der Waals surface area contributed by atoms with Crippen LogP contribution in [-0.2, 0) is 25.0 Å². The van der Waals surface area contributed by atoms with Crippen molar-refractivity contribution >= 4 is 65.2 Å². The van der Waals surface area contributed by atoms with Gasteiger partial charge in [-0.15, -0.1) is 0 Å². The minimum atomic E-state index is -5.00. The van der Waals surface area contributed by atoms with Crippen molar-refractivity contribution in [3.8, 4) is 11.5 Å². The normalized spacial score (nSPS) is 22.1. The molecule has 0 aromatic heterocycles. The van der Waals surface area contributed by atoms with Gasteiger partial charge in [-0.05, 0) is 93.7 Å². The third kappa shape index (κ3) is 13.8. The summed E-state index contributed by atoms with van der Waals surface area (Å²) in [5, 5.41) is 29.2. The summed E-state index contributed by atoms with van der Waals surface area (Å²) in [6.45, 7) is 18.6. The number of ether oxygens (including phenoxy) is 2. The van der Waals surface area contributed by atoms with Crippen molar-refractivity contribution in [2.24, 2.45) is 23.7 Å². The fourth-order valence-electron chi connectivity index (χ4n) is 7.50. The van der Waals surface area contributed by atoms with Crippen molar-refractivity contribution in [2.75, 3.05) is 6.61 Å². The minimum absolute atomic E-state index is 0. The number of phosphoric acid groups is 1. The second-order valence-corrected chi connectivity index (χ2v) is 17.7. The molecule has 12 heteroatoms. The first-order valence-corrected chi connectivity index (χ1v) is 20.8. The largest absolute Gasteiger partial charge is 0.585 e. The van der Waals surface area contributed by atoms with Crippen LogP contribution in [0.2, 0.25) is 0 Å². The first-order chi connectivity index (χ1) is 23.9. The van der Waals surface area contributed by atoms with Crippen molar-refractivity contribution in [2.45, 2.75) is 170 Å². The van der Waals surface area contributed by atoms with Gasteiger partial charge in [0.25, 0.3) is 5.76 Å². The summed E-state index contributed by atoms with van der Waals surface area (Å²) in [6.07, 6.45) is 13.5. The molecule has 2 aliphatic rings. The molecule has 293 valence electrons. The number of aliphatic hydroxyl groups is 3. The summed E-state index contributed by atoms with van der Waals surface area (Å²) < 4.78 is 35.0. The predicted octanol–water partition coefficient (Wildman–Crippen LogP) is 9.10. The van der Waals surface area contributed by atoms with Crippen molar-refractivity contribution < 1.29 is 48.1 Å². The van der Waals surface area contributed by atoms with Crippen LogP contribution in [0.25, 0.3) is 0 Å². The van der Waals surface area contributed by atoms with E-state index in [9.17, 15) is 24.5 Å². The number of carbonyl (C=O) groups is 1. The third-order valence-corrected chi connectivity index (χ3v) is 11.9. The molecule has 2 aliphatic heterocycles. The Labute approximate surface area is 355 Å². The van der Waals surface area contributed by atoms with Gasteiger partial charge in [0.2, 0.25) is 0 Å². The van der Waals surface area contributed by atoms with E-state index in [4.69, 9.17) is 23.6 Å². The number of hydrogen-bond donors (Lipinski definition) is 4. The van der Waals surface area contributed by atoms with Crippen LogP contribution < -0.4 is 9.26 Å². The summed E-state index contributed by atoms with van der Waals surface area (Å²) in [5.74, 6) is 0.938. The van der Waals surface area contributed by atoms with Gasteiger partial charge in [0, 0.05) is 56.9 Å². The van der Waals surface area contributed by atoms with Crippen molar-refractivity contribution in [1.82, 2.24) is 0 Å². The third-order valence-electron chi connectivity index (χ3n) is 11.1. The van der Waals surface area contributed by atoms with Crippen molar-refractivity contribution in [3.05, 3.63) is 33.8 Å². The van der Waals surface area contributed by atoms with Crippen LogP contribution in [0.3, 0.4) is 0 Å². The van der Waals surface area contributed by atoms with Crippen LogP contribution in [-0.4, -0.2) is 102 Å². The van der Waals surface area contributed by atoms with Gasteiger partial charge in [-0.2, -0.15) is 0 Å². The molecule has 0 aliphatic carbocycles. The number of benzene rings is 1. The van der Waals surface area contributed by atoms with Crippen LogP contribution >= 0.6 is 7.82 Å². The van der Waals surface area contributed by atoms with Gasteiger partial charge in [0.1, 0.15) is 23.2 Å². The SMILES string of the molecule is Cc1c(C)c2c(c(C)c1OP(=O)(O)OC1=C(O)C(C(O)CO)OC1=O)CCC(C)(CCCC(C)CCCC(C)CCCC(C)CCCC(C)C)O2.[K]. The molecule has 10 nitrogen and oxygen atoms in total. The molecule has 52 heavy (non-hydrogen) atoms. The Hall–Kier alpha value is -0.624. The number of rotatable bonds is 22. The molecule has 4 N–H and O–H groups in total. The van der Waals surface area contributed by atoms with Gasteiger partial charge < -0.3 is 33.8 Å². The first-order valence-electron chi connectivity index (χ1n) is 19.3. The van der Waals surface area contributed by atoms with E-state index in [2.05, 4.69) is 41.5 Å². The van der Waals surface area contributed by atoms with Gasteiger partial charge >= 0.3 is 13.8 Å². The van der Waals surface area contributed by atoms with E-state index in [1.165, 1.54) is 64.2 Å². The van der Waals surface area contributed by atoms with E-state index in [1.807, 2.05) is 6.92 Å². The molecule has 0 saturated carbocycles. The fraction of sp³-hybridized carbons (Fsp3) is 0.775. The zero-order valence-corrected chi connectivity index (χ0v) is 37.8. The number of carbonyl (C=O) groups excluding carboxylic acids is 1. The molecule has 2 heterocycles. The number of esters is 1. The topological polar surface area (TPSA) is 152 Å². The molecule has 1 aromatic carbocycles. The number of phosphoric ester groups is 1. The van der Waals surface area contributed by atoms with Gasteiger partial charge in [0.05, 0.1) is 6.61 Å². The molecule has 7 unspecified atom stereocenters. The maximum atomic E-state index is 13.1. The number of fused-ring (bicyclic) bond motifs is 1. The molecule has 3 rings (SSSR count). The van der Waals surface area contributed by atoms with Crippen molar-refractivity contribution in [1.29, 1.82) is 0 Å². The van der Waals surface area contributed by atoms with E-state index < -0.39 is 44.1 Å². The Morgan fingerprint density at radius 3 is 1.88 bits per heavy atom. The van der Waals surface area contributed by atoms with E-state index in [0.29, 0.717) is 23.5 Å². The monoisotopic (exact) mass is 777 g/mol. The van der Waals surface area contributed by atoms with Crippen molar-refractivity contribution in [3.63, 3.8) is 0 Å². The zero-order valence-electron chi connectivity index (χ0n) is 33.8. The molecule has 1 aromatic rings. The van der Waals surface area contributed by atoms with Crippen LogP contribution in [0.1, 0.15) is 147 Å². The van der Waals surface area contributed by atoms with Crippen LogP contribution in [0, 0.1) is 44.4 Å². The molecule has 1 radical (unpaired) electrons. The Morgan fingerprint density at radius 2 is 1.37 bits per heavy atom. The van der Waals surface area contributed by atoms with Crippen LogP contribution in [0.5, 0.6) is 11.5 Å². The maximum absolute atomic E-state index is 13.1. The molecule has 7 atom stereocenters. The second-order valence-electron chi connectivity index (χ2n) is 16.4. The number of aliphatic hydroxyl groups excluding tert-OH is 3. The molecular weight excluding hydrogens is 711 g/mol. The standard InChI is InChI=1S/C40H67O10P.K/c1-25(2)14-10-15-26(3)16-11-17-27(4)18-12-19-28(5)20-13-22-40(9)23-21-32-31(8)35(29(6)30(7)36(32)48-40)49-51(45,46)50-38-34(43)37(33(42)24-41)47-39(38)44;/h25-28,33,37,41-43H,10-24H2,1-9H3,(H,45,46);. The molecule has 0 spiro atoms. The van der Waals surface area contributed by atoms with E-state index in [-0.39, 0.29) is 62.7 Å². The van der Waals surface area contributed by atoms with E-state index in [1.54, 1.807) is 13.8 Å². The molecule has 0 fully saturated rings. The maximum Gasteiger partial charge on any atom is 0.585 e. The minimum Gasteiger partial charge on any atom is -0.505 e. The summed E-state index contributed by atoms with van der Waals surface area (Å²) in [5.41, 5.74) is 2.58. The quantitative estimate of drug-likeness (QED) is 0.0510. The molecule has 0 saturated heterocycles. The summed E-state index contributed by atoms with van der Waals surface area (Å²) >= 11 is 0. The van der Waals surface area contributed by atoms with Gasteiger partial charge in [-0.3, -0.25) is 4.89 Å². The number of cyclic esters (lactones) is 1. The summed E-state index contributed by atoms with van der Waals surface area (Å²) in [7, 11) is -5.00. The number of hydrogen-bond acceptors (Lipinski definition) is 9. The van der Waals surface area contributed by atoms with Crippen LogP contribution in [0.15, 0.2) is 11.5 Å². The molecular formula is C40H67KO10P. The summed E-state index contributed by atoms with van der Waals surface area (Å²) in [4.78, 5) is 22.8. The zero-order chi connectivity index (χ0) is 38.1.